The number of allylic oxidation sites excluding steroid dienone is 3. The summed E-state index contributed by atoms with van der Waals surface area (Å²) in [5.74, 6) is -1.61. The van der Waals surface area contributed by atoms with E-state index in [0.29, 0.717) is 16.8 Å². The Labute approximate surface area is 201 Å². The number of carbonyl (C=O) groups excluding carboxylic acids is 3. The van der Waals surface area contributed by atoms with Gasteiger partial charge in [-0.2, -0.15) is 0 Å². The van der Waals surface area contributed by atoms with Gasteiger partial charge in [0.2, 0.25) is 17.5 Å². The predicted octanol–water partition coefficient (Wildman–Crippen LogP) is 1.68. The molecule has 0 radical (unpaired) electrons. The number of nitrogens with two attached hydrogens (primary N) is 2. The monoisotopic (exact) mass is 480 g/mol. The zero-order chi connectivity index (χ0) is 25.0. The average Bonchev–Trinajstić information content (AvgIpc) is 2.79. The average molecular weight is 481 g/mol. The summed E-state index contributed by atoms with van der Waals surface area (Å²) < 4.78 is 0. The van der Waals surface area contributed by atoms with Crippen molar-refractivity contribution in [3.05, 3.63) is 81.5 Å². The predicted molar refractivity (Wildman–Crippen MR) is 131 cm³/mol. The molecule has 0 saturated heterocycles. The third-order valence-corrected chi connectivity index (χ3v) is 5.41. The van der Waals surface area contributed by atoms with Crippen LogP contribution in [0.15, 0.2) is 64.8 Å². The number of rotatable bonds is 8. The van der Waals surface area contributed by atoms with Gasteiger partial charge in [0.1, 0.15) is 16.6 Å². The first kappa shape index (κ1) is 24.7. The number of Topliss-reactive ketones (excluding diaryl/α,β-unsaturated/α-hetero) is 2. The molecule has 0 spiro atoms. The molecule has 0 bridgehead atoms. The zero-order valence-corrected chi connectivity index (χ0v) is 19.5. The lowest BCUT2D eigenvalue weighted by Gasteiger charge is -2.24. The number of anilines is 1. The SMILES string of the molecule is CN(C)NC1=C(Cl)C(=O)C(c2cccc(N)c2)=C(CC(=O)NCc2ccc(C(=N)N)cc2)C1=O. The smallest absolute Gasteiger partial charge is 0.224 e. The Morgan fingerprint density at radius 3 is 2.35 bits per heavy atom. The fourth-order valence-corrected chi connectivity index (χ4v) is 3.66. The van der Waals surface area contributed by atoms with Gasteiger partial charge in [0.05, 0.1) is 6.42 Å². The largest absolute Gasteiger partial charge is 0.399 e. The molecule has 1 aliphatic rings. The van der Waals surface area contributed by atoms with Gasteiger partial charge in [0.15, 0.2) is 0 Å². The van der Waals surface area contributed by atoms with Crippen molar-refractivity contribution in [1.82, 2.24) is 15.8 Å². The Kier molecular flexibility index (Phi) is 7.50. The van der Waals surface area contributed by atoms with Gasteiger partial charge >= 0.3 is 0 Å². The fourth-order valence-electron chi connectivity index (χ4n) is 3.44. The molecule has 0 aromatic heterocycles. The Hall–Kier alpha value is -3.95. The fraction of sp³-hybridized carbons (Fsp3) is 0.167. The lowest BCUT2D eigenvalue weighted by atomic mass is 9.86. The van der Waals surface area contributed by atoms with Crippen molar-refractivity contribution in [2.45, 2.75) is 13.0 Å². The quantitative estimate of drug-likeness (QED) is 0.126. The third-order valence-electron chi connectivity index (χ3n) is 5.05. The van der Waals surface area contributed by atoms with Gasteiger partial charge in [-0.15, -0.1) is 0 Å². The van der Waals surface area contributed by atoms with Crippen molar-refractivity contribution in [3.63, 3.8) is 0 Å². The van der Waals surface area contributed by atoms with E-state index in [4.69, 9.17) is 28.5 Å². The highest BCUT2D eigenvalue weighted by atomic mass is 35.5. The summed E-state index contributed by atoms with van der Waals surface area (Å²) >= 11 is 6.26. The second kappa shape index (κ2) is 10.3. The van der Waals surface area contributed by atoms with Crippen LogP contribution in [0.3, 0.4) is 0 Å². The van der Waals surface area contributed by atoms with E-state index < -0.39 is 17.5 Å². The maximum absolute atomic E-state index is 13.3. The van der Waals surface area contributed by atoms with Crippen LogP contribution in [0.2, 0.25) is 0 Å². The summed E-state index contributed by atoms with van der Waals surface area (Å²) in [5.41, 5.74) is 16.2. The molecule has 9 nitrogen and oxygen atoms in total. The number of hydrogen-bond acceptors (Lipinski definition) is 7. The molecule has 3 rings (SSSR count). The summed E-state index contributed by atoms with van der Waals surface area (Å²) in [6.07, 6.45) is -0.330. The van der Waals surface area contributed by atoms with Crippen LogP contribution < -0.4 is 22.2 Å². The maximum Gasteiger partial charge on any atom is 0.224 e. The Bertz CT molecular complexity index is 1230. The van der Waals surface area contributed by atoms with E-state index in [1.165, 1.54) is 5.01 Å². The molecule has 0 aliphatic heterocycles. The molecule has 2 aromatic carbocycles. The van der Waals surface area contributed by atoms with Gasteiger partial charge in [0.25, 0.3) is 0 Å². The maximum atomic E-state index is 13.3. The minimum atomic E-state index is -0.571. The number of nitrogens with one attached hydrogen (secondary N) is 3. The minimum absolute atomic E-state index is 0.0220. The summed E-state index contributed by atoms with van der Waals surface area (Å²) in [6.45, 7) is 0.194. The molecule has 176 valence electrons. The zero-order valence-electron chi connectivity index (χ0n) is 18.7. The highest BCUT2D eigenvalue weighted by Gasteiger charge is 2.35. The van der Waals surface area contributed by atoms with Crippen LogP contribution in [-0.2, 0) is 20.9 Å². The highest BCUT2D eigenvalue weighted by Crippen LogP contribution is 2.34. The normalized spacial score (nSPS) is 14.0. The van der Waals surface area contributed by atoms with Crippen LogP contribution in [0, 0.1) is 5.41 Å². The van der Waals surface area contributed by atoms with Gasteiger partial charge in [-0.25, -0.2) is 5.01 Å². The number of nitrogen functional groups attached to an aromatic ring is 2. The van der Waals surface area contributed by atoms with Crippen molar-refractivity contribution < 1.29 is 14.4 Å². The van der Waals surface area contributed by atoms with E-state index in [1.54, 1.807) is 62.6 Å². The number of hydrazine groups is 1. The number of benzene rings is 2. The Morgan fingerprint density at radius 1 is 1.09 bits per heavy atom. The van der Waals surface area contributed by atoms with Crippen molar-refractivity contribution in [1.29, 1.82) is 5.41 Å². The Morgan fingerprint density at radius 2 is 1.76 bits per heavy atom. The molecule has 0 saturated carbocycles. The summed E-state index contributed by atoms with van der Waals surface area (Å²) in [7, 11) is 3.30. The van der Waals surface area contributed by atoms with Gasteiger partial charge in [-0.3, -0.25) is 19.8 Å². The van der Waals surface area contributed by atoms with Gasteiger partial charge in [-0.1, -0.05) is 48.0 Å². The summed E-state index contributed by atoms with van der Waals surface area (Å²) in [4.78, 5) is 39.3. The van der Waals surface area contributed by atoms with Gasteiger partial charge in [-0.05, 0) is 23.3 Å². The molecule has 1 amide bonds. The molecule has 0 unspecified atom stereocenters. The number of nitrogens with zero attached hydrogens (tertiary/aromatic N) is 1. The summed E-state index contributed by atoms with van der Waals surface area (Å²) in [5, 5.41) is 11.4. The van der Waals surface area contributed by atoms with Crippen LogP contribution in [0.5, 0.6) is 0 Å². The first-order valence-corrected chi connectivity index (χ1v) is 10.7. The van der Waals surface area contributed by atoms with Crippen LogP contribution in [0.1, 0.15) is 23.1 Å². The molecule has 1 aliphatic carbocycles. The van der Waals surface area contributed by atoms with Crippen LogP contribution in [-0.4, -0.2) is 42.4 Å². The Balaban J connectivity index is 1.89. The standard InChI is InChI=1S/C24H25ClN6O3/c1-31(2)30-21-20(25)23(34)19(15-4-3-5-16(26)10-15)17(22(21)33)11-18(32)29-12-13-6-8-14(9-7-13)24(27)28/h3-10,30H,11-12,26H2,1-2H3,(H3,27,28)(H,29,32). The summed E-state index contributed by atoms with van der Waals surface area (Å²) in [6, 6.07) is 13.3. The highest BCUT2D eigenvalue weighted by molar-refractivity contribution is 6.56. The van der Waals surface area contributed by atoms with Crippen LogP contribution >= 0.6 is 11.6 Å². The molecular formula is C24H25ClN6O3. The molecule has 7 N–H and O–H groups in total. The molecule has 2 aromatic rings. The number of carbonyl (C=O) groups is 3. The lowest BCUT2D eigenvalue weighted by Crippen LogP contribution is -2.38. The second-order valence-corrected chi connectivity index (χ2v) is 8.27. The van der Waals surface area contributed by atoms with Crippen LogP contribution in [0.4, 0.5) is 5.69 Å². The topological polar surface area (TPSA) is 154 Å². The molecule has 0 atom stereocenters. The first-order valence-electron chi connectivity index (χ1n) is 10.3. The molecule has 0 fully saturated rings. The molecule has 10 heteroatoms. The third kappa shape index (κ3) is 5.51. The van der Waals surface area contributed by atoms with Gasteiger partial charge < -0.3 is 22.2 Å². The van der Waals surface area contributed by atoms with Gasteiger partial charge in [0, 0.05) is 43.0 Å². The van der Waals surface area contributed by atoms with Crippen molar-refractivity contribution >= 4 is 46.2 Å². The number of amides is 1. The van der Waals surface area contributed by atoms with Crippen LogP contribution in [0.25, 0.3) is 5.57 Å². The second-order valence-electron chi connectivity index (χ2n) is 7.90. The number of ketones is 2. The van der Waals surface area contributed by atoms with E-state index in [0.717, 1.165) is 5.56 Å². The van der Waals surface area contributed by atoms with Crippen molar-refractivity contribution in [3.8, 4) is 0 Å². The van der Waals surface area contributed by atoms with E-state index in [2.05, 4.69) is 10.7 Å². The molecule has 34 heavy (non-hydrogen) atoms. The van der Waals surface area contributed by atoms with Crippen molar-refractivity contribution in [2.75, 3.05) is 19.8 Å². The van der Waals surface area contributed by atoms with E-state index in [-0.39, 0.29) is 40.7 Å². The lowest BCUT2D eigenvalue weighted by molar-refractivity contribution is -0.122. The molecular weight excluding hydrogens is 456 g/mol. The number of halogens is 1. The van der Waals surface area contributed by atoms with E-state index >= 15 is 0 Å². The van der Waals surface area contributed by atoms with E-state index in [9.17, 15) is 14.4 Å². The van der Waals surface area contributed by atoms with Crippen molar-refractivity contribution in [2.24, 2.45) is 5.73 Å². The number of amidine groups is 1. The molecule has 0 heterocycles. The first-order chi connectivity index (χ1) is 16.1. The number of hydrogen-bond donors (Lipinski definition) is 5. The van der Waals surface area contributed by atoms with E-state index in [1.807, 2.05) is 0 Å². The minimum Gasteiger partial charge on any atom is -0.399 e.